The van der Waals surface area contributed by atoms with Crippen molar-refractivity contribution in [2.45, 2.75) is 97.8 Å². The predicted molar refractivity (Wildman–Crippen MR) is 141 cm³/mol. The van der Waals surface area contributed by atoms with Gasteiger partial charge in [0.1, 0.15) is 0 Å². The van der Waals surface area contributed by atoms with E-state index < -0.39 is 23.4 Å². The van der Waals surface area contributed by atoms with Crippen LogP contribution in [0.4, 0.5) is 8.78 Å². The first-order valence-corrected chi connectivity index (χ1v) is 14.1. The fourth-order valence-corrected chi connectivity index (χ4v) is 5.73. The lowest BCUT2D eigenvalue weighted by molar-refractivity contribution is -0.159. The molecule has 0 aromatic heterocycles. The van der Waals surface area contributed by atoms with Crippen LogP contribution in [0.25, 0.3) is 0 Å². The highest BCUT2D eigenvalue weighted by Crippen LogP contribution is 2.39. The van der Waals surface area contributed by atoms with Crippen molar-refractivity contribution in [2.24, 2.45) is 35.0 Å². The van der Waals surface area contributed by atoms with E-state index in [1.807, 2.05) is 0 Å². The third kappa shape index (κ3) is 11.3. The lowest BCUT2D eigenvalue weighted by atomic mass is 9.72. The second-order valence-corrected chi connectivity index (χ2v) is 12.1. The van der Waals surface area contributed by atoms with Crippen molar-refractivity contribution in [3.63, 3.8) is 0 Å². The zero-order chi connectivity index (χ0) is 27.4. The van der Waals surface area contributed by atoms with Crippen LogP contribution in [0.2, 0.25) is 0 Å². The molecule has 0 bridgehead atoms. The molecule has 0 spiro atoms. The molecular formula is C30H48F2O5. The van der Waals surface area contributed by atoms with Gasteiger partial charge in [-0.2, -0.15) is 8.78 Å². The van der Waals surface area contributed by atoms with Crippen LogP contribution in [0.1, 0.15) is 97.8 Å². The number of halogens is 2. The number of hydrogen-bond acceptors (Lipinski definition) is 5. The van der Waals surface area contributed by atoms with Crippen molar-refractivity contribution < 1.29 is 33.0 Å². The molecule has 0 aromatic carbocycles. The monoisotopic (exact) mass is 526 g/mol. The maximum absolute atomic E-state index is 12.4. The van der Waals surface area contributed by atoms with Gasteiger partial charge in [0.15, 0.2) is 0 Å². The zero-order valence-electron chi connectivity index (χ0n) is 23.1. The second kappa shape index (κ2) is 15.6. The summed E-state index contributed by atoms with van der Waals surface area (Å²) in [4.78, 5) is 24.3. The molecule has 0 radical (unpaired) electrons. The van der Waals surface area contributed by atoms with Crippen LogP contribution in [0.5, 0.6) is 0 Å². The predicted octanol–water partition coefficient (Wildman–Crippen LogP) is 7.24. The Bertz CT molecular complexity index is 758. The minimum absolute atomic E-state index is 0.0707. The van der Waals surface area contributed by atoms with Gasteiger partial charge in [-0.25, -0.2) is 4.79 Å². The van der Waals surface area contributed by atoms with Crippen molar-refractivity contribution in [1.82, 2.24) is 0 Å². The van der Waals surface area contributed by atoms with Gasteiger partial charge in [0.2, 0.25) is 0 Å². The topological polar surface area (TPSA) is 72.8 Å². The van der Waals surface area contributed by atoms with Crippen molar-refractivity contribution in [1.29, 1.82) is 0 Å². The fourth-order valence-electron chi connectivity index (χ4n) is 5.73. The average molecular weight is 527 g/mol. The zero-order valence-corrected chi connectivity index (χ0v) is 23.1. The molecular weight excluding hydrogens is 478 g/mol. The smallest absolute Gasteiger partial charge is 0.333 e. The van der Waals surface area contributed by atoms with E-state index >= 15 is 0 Å². The molecule has 1 N–H and O–H groups in total. The Morgan fingerprint density at radius 1 is 0.919 bits per heavy atom. The molecule has 0 amide bonds. The van der Waals surface area contributed by atoms with Crippen LogP contribution in [0.3, 0.4) is 0 Å². The average Bonchev–Trinajstić information content (AvgIpc) is 2.88. The van der Waals surface area contributed by atoms with E-state index in [1.165, 1.54) is 25.7 Å². The molecule has 0 aliphatic heterocycles. The summed E-state index contributed by atoms with van der Waals surface area (Å²) in [5, 5.41) is 9.45. The minimum atomic E-state index is -1.56. The summed E-state index contributed by atoms with van der Waals surface area (Å²) in [6.45, 7) is 8.64. The van der Waals surface area contributed by atoms with Gasteiger partial charge in [0.05, 0.1) is 25.2 Å². The Labute approximate surface area is 222 Å². The molecule has 0 heterocycles. The summed E-state index contributed by atoms with van der Waals surface area (Å²) in [6, 6.07) is 0. The molecule has 0 saturated heterocycles. The third-order valence-corrected chi connectivity index (χ3v) is 8.53. The summed E-state index contributed by atoms with van der Waals surface area (Å²) in [5.74, 6) is 1.42. The Hall–Kier alpha value is -1.76. The van der Waals surface area contributed by atoms with Crippen LogP contribution in [-0.2, 0) is 19.1 Å². The molecule has 2 rings (SSSR count). The van der Waals surface area contributed by atoms with Gasteiger partial charge in [-0.15, -0.1) is 0 Å². The minimum Gasteiger partial charge on any atom is -0.465 e. The van der Waals surface area contributed by atoms with E-state index in [9.17, 15) is 23.5 Å². The molecule has 1 unspecified atom stereocenters. The molecule has 5 nitrogen and oxygen atoms in total. The van der Waals surface area contributed by atoms with E-state index in [-0.39, 0.29) is 25.7 Å². The standard InChI is InChI=1S/C30H48F2O5/c1-21(2)28(34)36-18-26(19-37-29(35)30(3,4)20-33)25-16-14-24(15-17-25)13-12-23-10-8-22(9-11-23)6-5-7-27(31)32/h7,22-26,33H,1,5-6,8-20H2,2-4H3. The van der Waals surface area contributed by atoms with Gasteiger partial charge in [-0.1, -0.05) is 57.9 Å². The van der Waals surface area contributed by atoms with E-state index in [2.05, 4.69) is 6.58 Å². The van der Waals surface area contributed by atoms with Crippen molar-refractivity contribution in [3.8, 4) is 0 Å². The Morgan fingerprint density at radius 2 is 1.41 bits per heavy atom. The molecule has 2 saturated carbocycles. The molecule has 2 fully saturated rings. The Balaban J connectivity index is 1.77. The van der Waals surface area contributed by atoms with E-state index in [4.69, 9.17) is 9.47 Å². The van der Waals surface area contributed by atoms with Gasteiger partial charge in [-0.05, 0) is 76.2 Å². The molecule has 212 valence electrons. The van der Waals surface area contributed by atoms with Gasteiger partial charge < -0.3 is 14.6 Å². The van der Waals surface area contributed by atoms with E-state index in [1.54, 1.807) is 20.8 Å². The molecule has 37 heavy (non-hydrogen) atoms. The number of carbonyl (C=O) groups excluding carboxylic acids is 2. The van der Waals surface area contributed by atoms with Gasteiger partial charge in [-0.3, -0.25) is 4.79 Å². The number of hydrogen-bond donors (Lipinski definition) is 1. The highest BCUT2D eigenvalue weighted by atomic mass is 19.3. The lowest BCUT2D eigenvalue weighted by Gasteiger charge is -2.35. The number of aliphatic hydroxyl groups excluding tert-OH is 1. The second-order valence-electron chi connectivity index (χ2n) is 12.1. The summed E-state index contributed by atoms with van der Waals surface area (Å²) < 4.78 is 35.5. The molecule has 1 atom stereocenters. The normalized spacial score (nSPS) is 25.1. The maximum Gasteiger partial charge on any atom is 0.333 e. The summed E-state index contributed by atoms with van der Waals surface area (Å²) >= 11 is 0. The SMILES string of the molecule is C=C(C)C(=O)OCC(COC(=O)C(C)(C)CO)C1CCC(CCC2CCC(CCC=C(F)F)CC2)CC1. The van der Waals surface area contributed by atoms with Crippen LogP contribution in [0.15, 0.2) is 24.3 Å². The first-order valence-electron chi connectivity index (χ1n) is 14.1. The number of allylic oxidation sites excluding steroid dienone is 1. The van der Waals surface area contributed by atoms with Crippen LogP contribution in [-0.4, -0.2) is 36.9 Å². The highest BCUT2D eigenvalue weighted by molar-refractivity contribution is 5.86. The van der Waals surface area contributed by atoms with Gasteiger partial charge >= 0.3 is 11.9 Å². The first-order chi connectivity index (χ1) is 17.5. The first kappa shape index (κ1) is 31.5. The van der Waals surface area contributed by atoms with E-state index in [0.29, 0.717) is 29.7 Å². The Kier molecular flexibility index (Phi) is 13.3. The van der Waals surface area contributed by atoms with Crippen molar-refractivity contribution >= 4 is 11.9 Å². The number of carbonyl (C=O) groups is 2. The third-order valence-electron chi connectivity index (χ3n) is 8.53. The summed E-state index contributed by atoms with van der Waals surface area (Å²) in [6.07, 6.45) is 12.4. The van der Waals surface area contributed by atoms with Crippen LogP contribution < -0.4 is 0 Å². The number of aliphatic hydroxyl groups is 1. The van der Waals surface area contributed by atoms with Crippen LogP contribution >= 0.6 is 0 Å². The summed E-state index contributed by atoms with van der Waals surface area (Å²) in [7, 11) is 0. The molecule has 2 aliphatic rings. The number of rotatable bonds is 14. The molecule has 7 heteroatoms. The Morgan fingerprint density at radius 3 is 1.89 bits per heavy atom. The van der Waals surface area contributed by atoms with E-state index in [0.717, 1.165) is 56.9 Å². The quantitative estimate of drug-likeness (QED) is 0.191. The number of ether oxygens (including phenoxy) is 2. The number of esters is 2. The molecule has 0 aromatic rings. The molecule has 2 aliphatic carbocycles. The summed E-state index contributed by atoms with van der Waals surface area (Å²) in [5.41, 5.74) is -0.612. The highest BCUT2D eigenvalue weighted by Gasteiger charge is 2.33. The largest absolute Gasteiger partial charge is 0.465 e. The van der Waals surface area contributed by atoms with Gasteiger partial charge in [0.25, 0.3) is 6.08 Å². The van der Waals surface area contributed by atoms with Gasteiger partial charge in [0, 0.05) is 11.5 Å². The van der Waals surface area contributed by atoms with Crippen LogP contribution in [0, 0.1) is 35.0 Å². The van der Waals surface area contributed by atoms with Crippen molar-refractivity contribution in [2.75, 3.05) is 19.8 Å². The maximum atomic E-state index is 12.4. The lowest BCUT2D eigenvalue weighted by Crippen LogP contribution is -2.35. The fraction of sp³-hybridized carbons (Fsp3) is 0.800. The van der Waals surface area contributed by atoms with Crippen molar-refractivity contribution in [3.05, 3.63) is 24.3 Å².